The molecule has 1 saturated heterocycles. The summed E-state index contributed by atoms with van der Waals surface area (Å²) >= 11 is 0. The first kappa shape index (κ1) is 19.0. The maximum atomic E-state index is 13.5. The van der Waals surface area contributed by atoms with Crippen molar-refractivity contribution >= 4 is 28.1 Å². The van der Waals surface area contributed by atoms with Crippen molar-refractivity contribution in [1.29, 1.82) is 0 Å². The van der Waals surface area contributed by atoms with Crippen LogP contribution in [-0.4, -0.2) is 51.1 Å². The van der Waals surface area contributed by atoms with Gasteiger partial charge >= 0.3 is 0 Å². The molecule has 8 heteroatoms. The number of fused-ring (bicyclic) bond motifs is 4. The van der Waals surface area contributed by atoms with Crippen LogP contribution in [0.3, 0.4) is 0 Å². The lowest BCUT2D eigenvalue weighted by molar-refractivity contribution is 0.0714. The van der Waals surface area contributed by atoms with Crippen LogP contribution in [0.4, 0.5) is 10.1 Å². The second-order valence-corrected chi connectivity index (χ2v) is 8.53. The second-order valence-electron chi connectivity index (χ2n) is 8.53. The minimum absolute atomic E-state index is 0.117. The van der Waals surface area contributed by atoms with Crippen molar-refractivity contribution in [2.24, 2.45) is 0 Å². The van der Waals surface area contributed by atoms with E-state index in [0.717, 1.165) is 37.1 Å². The number of nitrogens with one attached hydrogen (secondary N) is 1. The Kier molecular flexibility index (Phi) is 4.28. The maximum absolute atomic E-state index is 13.5. The molecule has 0 radical (unpaired) electrons. The van der Waals surface area contributed by atoms with Crippen LogP contribution in [0.2, 0.25) is 0 Å². The van der Waals surface area contributed by atoms with Gasteiger partial charge in [0.05, 0.1) is 17.1 Å². The predicted octanol–water partition coefficient (Wildman–Crippen LogP) is 2.98. The monoisotopic (exact) mass is 431 g/mol. The fourth-order valence-electron chi connectivity index (χ4n) is 5.16. The summed E-state index contributed by atoms with van der Waals surface area (Å²) in [6, 6.07) is 12.6. The fraction of sp³-hybridized carbons (Fsp3) is 0.292. The summed E-state index contributed by atoms with van der Waals surface area (Å²) < 4.78 is 15.2. The second kappa shape index (κ2) is 7.19. The summed E-state index contributed by atoms with van der Waals surface area (Å²) in [5.74, 6) is -0.307. The summed E-state index contributed by atoms with van der Waals surface area (Å²) in [6.45, 7) is 2.15. The third-order valence-electron chi connectivity index (χ3n) is 6.77. The Morgan fingerprint density at radius 3 is 2.75 bits per heavy atom. The highest BCUT2D eigenvalue weighted by Crippen LogP contribution is 2.33. The van der Waals surface area contributed by atoms with Gasteiger partial charge in [0.15, 0.2) is 0 Å². The molecule has 2 aliphatic rings. The average Bonchev–Trinajstić information content (AvgIpc) is 3.43. The van der Waals surface area contributed by atoms with Gasteiger partial charge in [0.2, 0.25) is 0 Å². The van der Waals surface area contributed by atoms with E-state index in [-0.39, 0.29) is 17.3 Å². The van der Waals surface area contributed by atoms with Gasteiger partial charge in [-0.15, -0.1) is 0 Å². The van der Waals surface area contributed by atoms with Gasteiger partial charge in [0.1, 0.15) is 17.0 Å². The number of hydrogen-bond acceptors (Lipinski definition) is 4. The number of para-hydroxylation sites is 1. The molecule has 6 rings (SSSR count). The van der Waals surface area contributed by atoms with Crippen molar-refractivity contribution < 1.29 is 9.18 Å². The zero-order valence-electron chi connectivity index (χ0n) is 17.4. The number of anilines is 1. The zero-order valence-corrected chi connectivity index (χ0v) is 17.4. The first-order valence-electron chi connectivity index (χ1n) is 10.9. The summed E-state index contributed by atoms with van der Waals surface area (Å²) in [4.78, 5) is 32.8. The Morgan fingerprint density at radius 1 is 1.09 bits per heavy atom. The average molecular weight is 431 g/mol. The van der Waals surface area contributed by atoms with Crippen molar-refractivity contribution in [3.05, 3.63) is 76.0 Å². The van der Waals surface area contributed by atoms with Gasteiger partial charge in [-0.2, -0.15) is 5.10 Å². The van der Waals surface area contributed by atoms with Gasteiger partial charge in [-0.3, -0.25) is 9.59 Å². The van der Waals surface area contributed by atoms with E-state index < -0.39 is 0 Å². The molecular weight excluding hydrogens is 409 g/mol. The van der Waals surface area contributed by atoms with E-state index in [9.17, 15) is 14.0 Å². The molecule has 0 bridgehead atoms. The lowest BCUT2D eigenvalue weighted by Gasteiger charge is -2.38. The number of nitrogens with zero attached hydrogens (tertiary/aromatic N) is 4. The lowest BCUT2D eigenvalue weighted by Crippen LogP contribution is -2.46. The van der Waals surface area contributed by atoms with Gasteiger partial charge in [-0.25, -0.2) is 8.91 Å². The van der Waals surface area contributed by atoms with E-state index in [1.54, 1.807) is 22.7 Å². The van der Waals surface area contributed by atoms with Crippen molar-refractivity contribution in [3.8, 4) is 0 Å². The van der Waals surface area contributed by atoms with Crippen LogP contribution in [-0.2, 0) is 6.42 Å². The van der Waals surface area contributed by atoms with E-state index in [4.69, 9.17) is 0 Å². The Bertz CT molecular complexity index is 1420. The van der Waals surface area contributed by atoms with Crippen molar-refractivity contribution in [3.63, 3.8) is 0 Å². The first-order valence-corrected chi connectivity index (χ1v) is 10.9. The summed E-state index contributed by atoms with van der Waals surface area (Å²) in [7, 11) is 0. The number of aromatic amines is 1. The molecule has 1 fully saturated rings. The van der Waals surface area contributed by atoms with Crippen LogP contribution in [0.5, 0.6) is 0 Å². The lowest BCUT2D eigenvalue weighted by atomic mass is 10.0. The van der Waals surface area contributed by atoms with Crippen LogP contribution in [0.25, 0.3) is 16.6 Å². The number of H-pyrrole nitrogens is 1. The maximum Gasteiger partial charge on any atom is 0.259 e. The smallest absolute Gasteiger partial charge is 0.259 e. The predicted molar refractivity (Wildman–Crippen MR) is 120 cm³/mol. The number of rotatable bonds is 2. The van der Waals surface area contributed by atoms with E-state index in [1.807, 2.05) is 23.1 Å². The number of amides is 1. The Labute approximate surface area is 183 Å². The summed E-state index contributed by atoms with van der Waals surface area (Å²) in [5, 5.41) is 4.91. The minimum atomic E-state index is -0.231. The quantitative estimate of drug-likeness (QED) is 0.530. The van der Waals surface area contributed by atoms with Crippen molar-refractivity contribution in [1.82, 2.24) is 19.5 Å². The number of likely N-dealkylation sites (tertiary alicyclic amines) is 1. The van der Waals surface area contributed by atoms with Crippen LogP contribution < -0.4 is 10.5 Å². The van der Waals surface area contributed by atoms with Gasteiger partial charge in [0.25, 0.3) is 11.5 Å². The molecule has 2 aromatic heterocycles. The van der Waals surface area contributed by atoms with Crippen LogP contribution in [0.1, 0.15) is 28.8 Å². The van der Waals surface area contributed by atoms with Crippen molar-refractivity contribution in [2.75, 3.05) is 24.5 Å². The molecule has 4 heterocycles. The number of piperidine rings is 1. The Balaban J connectivity index is 1.23. The summed E-state index contributed by atoms with van der Waals surface area (Å²) in [6.07, 6.45) is 4.09. The number of benzene rings is 2. The number of aromatic nitrogens is 3. The minimum Gasteiger partial charge on any atom is -0.368 e. The molecule has 0 atom stereocenters. The van der Waals surface area contributed by atoms with E-state index >= 15 is 0 Å². The number of hydrogen-bond donors (Lipinski definition) is 1. The largest absolute Gasteiger partial charge is 0.368 e. The highest BCUT2D eigenvalue weighted by atomic mass is 19.1. The molecule has 0 aliphatic carbocycles. The molecule has 0 spiro atoms. The van der Waals surface area contributed by atoms with Crippen LogP contribution in [0.15, 0.2) is 53.5 Å². The number of carbonyl (C=O) groups excluding carboxylic acids is 1. The molecule has 162 valence electrons. The molecule has 4 aromatic rings. The third kappa shape index (κ3) is 2.90. The highest BCUT2D eigenvalue weighted by Gasteiger charge is 2.32. The van der Waals surface area contributed by atoms with Crippen molar-refractivity contribution in [2.45, 2.75) is 25.3 Å². The number of carbonyl (C=O) groups is 1. The molecule has 1 amide bonds. The fourth-order valence-corrected chi connectivity index (χ4v) is 5.16. The zero-order chi connectivity index (χ0) is 21.8. The van der Waals surface area contributed by atoms with Gasteiger partial charge in [-0.05, 0) is 55.2 Å². The molecule has 1 N–H and O–H groups in total. The topological polar surface area (TPSA) is 73.7 Å². The van der Waals surface area contributed by atoms with Gasteiger partial charge in [-0.1, -0.05) is 12.1 Å². The first-order chi connectivity index (χ1) is 15.6. The third-order valence-corrected chi connectivity index (χ3v) is 6.77. The molecule has 2 aromatic carbocycles. The van der Waals surface area contributed by atoms with Gasteiger partial charge < -0.3 is 14.8 Å². The van der Waals surface area contributed by atoms with Crippen LogP contribution in [0, 0.1) is 5.82 Å². The highest BCUT2D eigenvalue weighted by molar-refractivity contribution is 6.00. The normalized spacial score (nSPS) is 16.8. The number of halogens is 1. The standard InChI is InChI=1S/C24H22FN5O2/c25-16-5-6-20-15(13-16)7-12-29(20)17-8-10-28(11-9-17)24(32)19-14-26-30-21-4-2-1-3-18(21)23(31)27-22(19)30/h1-6,13-14,17H,7-12H2,(H,27,31). The molecule has 0 unspecified atom stereocenters. The molecule has 7 nitrogen and oxygen atoms in total. The van der Waals surface area contributed by atoms with E-state index in [1.165, 1.54) is 12.3 Å². The Morgan fingerprint density at radius 2 is 1.91 bits per heavy atom. The van der Waals surface area contributed by atoms with E-state index in [0.29, 0.717) is 41.2 Å². The molecule has 2 aliphatic heterocycles. The van der Waals surface area contributed by atoms with Gasteiger partial charge in [0, 0.05) is 31.4 Å². The SMILES string of the molecule is O=C(c1cnn2c1[nH]c(=O)c1ccccc12)N1CCC(N2CCc3cc(F)ccc32)CC1. The Hall–Kier alpha value is -3.68. The molecular formula is C24H22FN5O2. The molecule has 0 saturated carbocycles. The molecule has 32 heavy (non-hydrogen) atoms. The summed E-state index contributed by atoms with van der Waals surface area (Å²) in [5.41, 5.74) is 3.46. The van der Waals surface area contributed by atoms with E-state index in [2.05, 4.69) is 15.0 Å². The van der Waals surface area contributed by atoms with Crippen LogP contribution >= 0.6 is 0 Å².